The Hall–Kier alpha value is -3.39. The van der Waals surface area contributed by atoms with Crippen molar-refractivity contribution < 1.29 is 29.0 Å². The SMILES string of the molecule is COC(C)C(NC(=O)OCC1c2ccccc2-c2ccccc21)C(=O)NCC1(C(=O)O)CCC1. The molecule has 2 atom stereocenters. The van der Waals surface area contributed by atoms with E-state index in [1.807, 2.05) is 36.4 Å². The molecule has 4 rings (SSSR count). The van der Waals surface area contributed by atoms with Gasteiger partial charge in [-0.25, -0.2) is 4.79 Å². The van der Waals surface area contributed by atoms with E-state index in [1.54, 1.807) is 6.92 Å². The van der Waals surface area contributed by atoms with Crippen LogP contribution in [0.4, 0.5) is 4.79 Å². The standard InChI is InChI=1S/C26H30N2O6/c1-16(33-2)22(23(29)27-15-26(24(30)31)12-7-13-26)28-25(32)34-14-21-19-10-5-3-8-17(19)18-9-4-6-11-20(18)21/h3-6,8-11,16,21-22H,7,12-15H2,1-2H3,(H,27,29)(H,28,32)(H,30,31). The van der Waals surface area contributed by atoms with Gasteiger partial charge in [0.1, 0.15) is 12.6 Å². The van der Waals surface area contributed by atoms with E-state index in [0.717, 1.165) is 28.7 Å². The highest BCUT2D eigenvalue weighted by Gasteiger charge is 2.45. The normalized spacial score (nSPS) is 17.5. The number of alkyl carbamates (subject to hydrolysis) is 1. The molecule has 0 radical (unpaired) electrons. The molecular formula is C26H30N2O6. The summed E-state index contributed by atoms with van der Waals surface area (Å²) in [5.74, 6) is -1.52. The number of carbonyl (C=O) groups excluding carboxylic acids is 2. The fourth-order valence-electron chi connectivity index (χ4n) is 4.74. The molecule has 0 heterocycles. The number of aliphatic carboxylic acids is 1. The van der Waals surface area contributed by atoms with Gasteiger partial charge in [-0.15, -0.1) is 0 Å². The lowest BCUT2D eigenvalue weighted by atomic mass is 9.69. The topological polar surface area (TPSA) is 114 Å². The molecule has 2 aromatic rings. The molecule has 0 saturated heterocycles. The minimum Gasteiger partial charge on any atom is -0.481 e. The number of benzene rings is 2. The van der Waals surface area contributed by atoms with E-state index in [1.165, 1.54) is 7.11 Å². The number of hydrogen-bond donors (Lipinski definition) is 3. The van der Waals surface area contributed by atoms with Crippen LogP contribution >= 0.6 is 0 Å². The van der Waals surface area contributed by atoms with Gasteiger partial charge in [-0.05, 0) is 42.0 Å². The van der Waals surface area contributed by atoms with Crippen molar-refractivity contribution in [2.75, 3.05) is 20.3 Å². The average Bonchev–Trinajstić information content (AvgIpc) is 3.13. The first kappa shape index (κ1) is 23.8. The summed E-state index contributed by atoms with van der Waals surface area (Å²) in [5.41, 5.74) is 3.51. The van der Waals surface area contributed by atoms with Crippen LogP contribution in [-0.2, 0) is 19.1 Å². The second kappa shape index (κ2) is 9.85. The molecule has 2 aromatic carbocycles. The molecule has 2 unspecified atom stereocenters. The summed E-state index contributed by atoms with van der Waals surface area (Å²) < 4.78 is 10.8. The van der Waals surface area contributed by atoms with Crippen molar-refractivity contribution in [3.05, 3.63) is 59.7 Å². The van der Waals surface area contributed by atoms with Crippen molar-refractivity contribution in [2.24, 2.45) is 5.41 Å². The first-order valence-electron chi connectivity index (χ1n) is 11.5. The molecule has 1 saturated carbocycles. The highest BCUT2D eigenvalue weighted by atomic mass is 16.5. The van der Waals surface area contributed by atoms with Crippen LogP contribution in [-0.4, -0.2) is 55.5 Å². The number of rotatable bonds is 9. The Kier molecular flexibility index (Phi) is 6.88. The van der Waals surface area contributed by atoms with Crippen LogP contribution < -0.4 is 10.6 Å². The lowest BCUT2D eigenvalue weighted by Gasteiger charge is -2.38. The largest absolute Gasteiger partial charge is 0.481 e. The monoisotopic (exact) mass is 466 g/mol. The molecule has 8 nitrogen and oxygen atoms in total. The molecular weight excluding hydrogens is 436 g/mol. The fraction of sp³-hybridized carbons (Fsp3) is 0.423. The summed E-state index contributed by atoms with van der Waals surface area (Å²) >= 11 is 0. The van der Waals surface area contributed by atoms with Gasteiger partial charge in [-0.3, -0.25) is 9.59 Å². The van der Waals surface area contributed by atoms with E-state index >= 15 is 0 Å². The third-order valence-electron chi connectivity index (χ3n) is 7.11. The van der Waals surface area contributed by atoms with Crippen LogP contribution in [0.15, 0.2) is 48.5 Å². The van der Waals surface area contributed by atoms with Crippen LogP contribution in [0, 0.1) is 5.41 Å². The Morgan fingerprint density at radius 2 is 1.65 bits per heavy atom. The van der Waals surface area contributed by atoms with Gasteiger partial charge in [-0.2, -0.15) is 0 Å². The van der Waals surface area contributed by atoms with E-state index in [0.29, 0.717) is 12.8 Å². The second-order valence-corrected chi connectivity index (χ2v) is 9.05. The summed E-state index contributed by atoms with van der Waals surface area (Å²) in [6.07, 6.45) is 0.489. The summed E-state index contributed by atoms with van der Waals surface area (Å²) in [6, 6.07) is 15.0. The summed E-state index contributed by atoms with van der Waals surface area (Å²) in [6.45, 7) is 1.79. The number of ether oxygens (including phenoxy) is 2. The van der Waals surface area contributed by atoms with E-state index in [4.69, 9.17) is 9.47 Å². The van der Waals surface area contributed by atoms with Gasteiger partial charge >= 0.3 is 12.1 Å². The molecule has 0 aliphatic heterocycles. The van der Waals surface area contributed by atoms with Crippen LogP contribution in [0.3, 0.4) is 0 Å². The van der Waals surface area contributed by atoms with E-state index < -0.39 is 35.5 Å². The highest BCUT2D eigenvalue weighted by molar-refractivity contribution is 5.87. The van der Waals surface area contributed by atoms with Crippen LogP contribution in [0.1, 0.15) is 43.2 Å². The van der Waals surface area contributed by atoms with Crippen molar-refractivity contribution in [1.82, 2.24) is 10.6 Å². The zero-order valence-corrected chi connectivity index (χ0v) is 19.4. The van der Waals surface area contributed by atoms with Gasteiger partial charge in [-0.1, -0.05) is 55.0 Å². The molecule has 3 N–H and O–H groups in total. The van der Waals surface area contributed by atoms with Gasteiger partial charge in [0, 0.05) is 19.6 Å². The van der Waals surface area contributed by atoms with Crippen LogP contribution in [0.5, 0.6) is 0 Å². The first-order chi connectivity index (χ1) is 16.4. The van der Waals surface area contributed by atoms with E-state index in [-0.39, 0.29) is 19.1 Å². The molecule has 0 spiro atoms. The number of carbonyl (C=O) groups is 3. The van der Waals surface area contributed by atoms with Gasteiger partial charge in [0.25, 0.3) is 0 Å². The van der Waals surface area contributed by atoms with Gasteiger partial charge in [0.15, 0.2) is 0 Å². The Morgan fingerprint density at radius 1 is 1.06 bits per heavy atom. The number of amides is 2. The number of fused-ring (bicyclic) bond motifs is 3. The first-order valence-corrected chi connectivity index (χ1v) is 11.5. The van der Waals surface area contributed by atoms with Crippen molar-refractivity contribution in [1.29, 1.82) is 0 Å². The third kappa shape index (κ3) is 4.50. The molecule has 0 aromatic heterocycles. The quantitative estimate of drug-likeness (QED) is 0.523. The smallest absolute Gasteiger partial charge is 0.407 e. The molecule has 0 bridgehead atoms. The van der Waals surface area contributed by atoms with E-state index in [2.05, 4.69) is 22.8 Å². The predicted molar refractivity (Wildman–Crippen MR) is 125 cm³/mol. The highest BCUT2D eigenvalue weighted by Crippen LogP contribution is 2.44. The fourth-order valence-corrected chi connectivity index (χ4v) is 4.74. The summed E-state index contributed by atoms with van der Waals surface area (Å²) in [7, 11) is 1.44. The molecule has 2 aliphatic rings. The Bertz CT molecular complexity index is 1030. The minimum absolute atomic E-state index is 0.0144. The van der Waals surface area contributed by atoms with E-state index in [9.17, 15) is 19.5 Å². The second-order valence-electron chi connectivity index (χ2n) is 9.05. The molecule has 180 valence electrons. The van der Waals surface area contributed by atoms with Gasteiger partial charge in [0.2, 0.25) is 5.91 Å². The van der Waals surface area contributed by atoms with Crippen LogP contribution in [0.25, 0.3) is 11.1 Å². The molecule has 2 amide bonds. The Labute approximate surface area is 198 Å². The number of carboxylic acids is 1. The van der Waals surface area contributed by atoms with Crippen LogP contribution in [0.2, 0.25) is 0 Å². The lowest BCUT2D eigenvalue weighted by molar-refractivity contribution is -0.154. The maximum absolute atomic E-state index is 12.8. The van der Waals surface area contributed by atoms with Gasteiger partial charge < -0.3 is 25.2 Å². The summed E-state index contributed by atoms with van der Waals surface area (Å²) in [5, 5.41) is 14.8. The predicted octanol–water partition coefficient (Wildman–Crippen LogP) is 3.30. The van der Waals surface area contributed by atoms with Crippen molar-refractivity contribution >= 4 is 18.0 Å². The molecule has 8 heteroatoms. The number of carboxylic acid groups (broad SMARTS) is 1. The maximum Gasteiger partial charge on any atom is 0.407 e. The maximum atomic E-state index is 12.8. The molecule has 2 aliphatic carbocycles. The number of methoxy groups -OCH3 is 1. The summed E-state index contributed by atoms with van der Waals surface area (Å²) in [4.78, 5) is 37.1. The zero-order chi connectivity index (χ0) is 24.3. The number of nitrogens with one attached hydrogen (secondary N) is 2. The zero-order valence-electron chi connectivity index (χ0n) is 19.4. The Morgan fingerprint density at radius 3 is 2.15 bits per heavy atom. The molecule has 34 heavy (non-hydrogen) atoms. The average molecular weight is 467 g/mol. The van der Waals surface area contributed by atoms with Crippen molar-refractivity contribution in [3.8, 4) is 11.1 Å². The van der Waals surface area contributed by atoms with Crippen molar-refractivity contribution in [2.45, 2.75) is 44.2 Å². The number of hydrogen-bond acceptors (Lipinski definition) is 5. The Balaban J connectivity index is 1.39. The third-order valence-corrected chi connectivity index (χ3v) is 7.11. The lowest BCUT2D eigenvalue weighted by Crippen LogP contribution is -2.56. The van der Waals surface area contributed by atoms with Gasteiger partial charge in [0.05, 0.1) is 11.5 Å². The van der Waals surface area contributed by atoms with Crippen molar-refractivity contribution in [3.63, 3.8) is 0 Å². The molecule has 1 fully saturated rings. The minimum atomic E-state index is -1.02.